The van der Waals surface area contributed by atoms with E-state index in [0.717, 1.165) is 37.3 Å². The molecule has 0 saturated carbocycles. The average molecular weight is 412 g/mol. The Hall–Kier alpha value is -3.20. The Morgan fingerprint density at radius 1 is 1.03 bits per heavy atom. The first-order valence-corrected chi connectivity index (χ1v) is 9.85. The van der Waals surface area contributed by atoms with Crippen molar-refractivity contribution in [3.63, 3.8) is 0 Å². The van der Waals surface area contributed by atoms with Gasteiger partial charge in [0, 0.05) is 24.7 Å². The van der Waals surface area contributed by atoms with Gasteiger partial charge in [-0.3, -0.25) is 9.69 Å². The van der Waals surface area contributed by atoms with E-state index in [1.165, 1.54) is 30.3 Å². The molecule has 3 aromatic rings. The lowest BCUT2D eigenvalue weighted by Crippen LogP contribution is -2.44. The maximum Gasteiger partial charge on any atom is 0.251 e. The lowest BCUT2D eigenvalue weighted by molar-refractivity contribution is 0.0907. The van der Waals surface area contributed by atoms with Crippen LogP contribution in [0.1, 0.15) is 34.6 Å². The molecular weight excluding hydrogens is 390 g/mol. The summed E-state index contributed by atoms with van der Waals surface area (Å²) in [5.74, 6) is -0.211. The SMILES string of the molecule is O=C(NC1CCN(Cc2nnnn2Cc2ccc(F)cc2)CC1)c1cccc(F)c1. The smallest absolute Gasteiger partial charge is 0.251 e. The number of amides is 1. The molecule has 30 heavy (non-hydrogen) atoms. The first-order valence-electron chi connectivity index (χ1n) is 9.85. The van der Waals surface area contributed by atoms with Crippen molar-refractivity contribution in [2.75, 3.05) is 13.1 Å². The molecule has 156 valence electrons. The predicted molar refractivity (Wildman–Crippen MR) is 105 cm³/mol. The second-order valence-electron chi connectivity index (χ2n) is 7.41. The summed E-state index contributed by atoms with van der Waals surface area (Å²) in [6, 6.07) is 12.0. The van der Waals surface area contributed by atoms with Gasteiger partial charge in [-0.1, -0.05) is 18.2 Å². The average Bonchev–Trinajstić information content (AvgIpc) is 3.17. The van der Waals surface area contributed by atoms with E-state index in [1.54, 1.807) is 22.9 Å². The van der Waals surface area contributed by atoms with Crippen molar-refractivity contribution in [1.82, 2.24) is 30.4 Å². The number of hydrogen-bond acceptors (Lipinski definition) is 5. The fourth-order valence-electron chi connectivity index (χ4n) is 3.56. The minimum absolute atomic E-state index is 0.0484. The molecule has 1 aliphatic heterocycles. The largest absolute Gasteiger partial charge is 0.349 e. The van der Waals surface area contributed by atoms with Gasteiger partial charge in [-0.05, 0) is 59.2 Å². The highest BCUT2D eigenvalue weighted by Gasteiger charge is 2.23. The van der Waals surface area contributed by atoms with Crippen LogP contribution >= 0.6 is 0 Å². The number of aromatic nitrogens is 4. The van der Waals surface area contributed by atoms with Crippen molar-refractivity contribution in [1.29, 1.82) is 0 Å². The number of benzene rings is 2. The van der Waals surface area contributed by atoms with Crippen molar-refractivity contribution in [2.45, 2.75) is 32.0 Å². The minimum atomic E-state index is -0.421. The predicted octanol–water partition coefficient (Wildman–Crippen LogP) is 2.39. The number of nitrogens with one attached hydrogen (secondary N) is 1. The zero-order chi connectivity index (χ0) is 20.9. The molecule has 0 aliphatic carbocycles. The van der Waals surface area contributed by atoms with E-state index in [2.05, 4.69) is 25.7 Å². The van der Waals surface area contributed by atoms with Gasteiger partial charge >= 0.3 is 0 Å². The van der Waals surface area contributed by atoms with E-state index in [-0.39, 0.29) is 17.8 Å². The van der Waals surface area contributed by atoms with Gasteiger partial charge in [0.15, 0.2) is 5.82 Å². The van der Waals surface area contributed by atoms with Crippen LogP contribution in [0.4, 0.5) is 8.78 Å². The van der Waals surface area contributed by atoms with Crippen molar-refractivity contribution < 1.29 is 13.6 Å². The number of carbonyl (C=O) groups excluding carboxylic acids is 1. The standard InChI is InChI=1S/C21H22F2N6O/c22-17-6-4-15(5-7-17)13-29-20(25-26-27-29)14-28-10-8-19(9-11-28)24-21(30)16-2-1-3-18(23)12-16/h1-7,12,19H,8-11,13-14H2,(H,24,30). The fraction of sp³-hybridized carbons (Fsp3) is 0.333. The number of rotatable bonds is 6. The summed E-state index contributed by atoms with van der Waals surface area (Å²) in [5, 5.41) is 14.9. The Bertz CT molecular complexity index is 999. The highest BCUT2D eigenvalue weighted by atomic mass is 19.1. The van der Waals surface area contributed by atoms with Gasteiger partial charge in [-0.2, -0.15) is 0 Å². The zero-order valence-electron chi connectivity index (χ0n) is 16.3. The molecule has 1 amide bonds. The summed E-state index contributed by atoms with van der Waals surface area (Å²) in [5.41, 5.74) is 1.25. The molecule has 0 bridgehead atoms. The topological polar surface area (TPSA) is 75.9 Å². The maximum atomic E-state index is 13.3. The van der Waals surface area contributed by atoms with E-state index in [9.17, 15) is 13.6 Å². The molecule has 1 aliphatic rings. The van der Waals surface area contributed by atoms with Crippen LogP contribution in [0, 0.1) is 11.6 Å². The monoisotopic (exact) mass is 412 g/mol. The molecule has 2 aromatic carbocycles. The van der Waals surface area contributed by atoms with Crippen LogP contribution in [0.5, 0.6) is 0 Å². The first kappa shape index (κ1) is 20.1. The molecule has 1 N–H and O–H groups in total. The van der Waals surface area contributed by atoms with Crippen molar-refractivity contribution >= 4 is 5.91 Å². The molecular formula is C21H22F2N6O. The quantitative estimate of drug-likeness (QED) is 0.673. The Morgan fingerprint density at radius 2 is 1.80 bits per heavy atom. The number of piperidine rings is 1. The molecule has 7 nitrogen and oxygen atoms in total. The molecule has 0 unspecified atom stereocenters. The van der Waals surface area contributed by atoms with Crippen molar-refractivity contribution in [2.24, 2.45) is 0 Å². The van der Waals surface area contributed by atoms with Crippen LogP contribution in [-0.4, -0.2) is 50.1 Å². The number of carbonyl (C=O) groups is 1. The van der Waals surface area contributed by atoms with Gasteiger partial charge in [-0.25, -0.2) is 13.5 Å². The zero-order valence-corrected chi connectivity index (χ0v) is 16.3. The van der Waals surface area contributed by atoms with Gasteiger partial charge in [-0.15, -0.1) is 5.10 Å². The molecule has 0 atom stereocenters. The minimum Gasteiger partial charge on any atom is -0.349 e. The second kappa shape index (κ2) is 9.08. The van der Waals surface area contributed by atoms with E-state index >= 15 is 0 Å². The third-order valence-electron chi connectivity index (χ3n) is 5.23. The number of tetrazole rings is 1. The number of hydrogen-bond donors (Lipinski definition) is 1. The van der Waals surface area contributed by atoms with Gasteiger partial charge in [0.2, 0.25) is 0 Å². The molecule has 4 rings (SSSR count). The maximum absolute atomic E-state index is 13.3. The Labute approximate surface area is 172 Å². The lowest BCUT2D eigenvalue weighted by Gasteiger charge is -2.31. The Kier molecular flexibility index (Phi) is 6.08. The highest BCUT2D eigenvalue weighted by Crippen LogP contribution is 2.14. The summed E-state index contributed by atoms with van der Waals surface area (Å²) in [7, 11) is 0. The molecule has 0 spiro atoms. The van der Waals surface area contributed by atoms with Crippen LogP contribution < -0.4 is 5.32 Å². The number of nitrogens with zero attached hydrogens (tertiary/aromatic N) is 5. The third kappa shape index (κ3) is 5.04. The third-order valence-corrected chi connectivity index (χ3v) is 5.23. The first-order chi connectivity index (χ1) is 14.6. The summed E-state index contributed by atoms with van der Waals surface area (Å²) >= 11 is 0. The Balaban J connectivity index is 1.29. The molecule has 1 fully saturated rings. The van der Waals surface area contributed by atoms with Crippen LogP contribution in [0.25, 0.3) is 0 Å². The Morgan fingerprint density at radius 3 is 2.53 bits per heavy atom. The summed E-state index contributed by atoms with van der Waals surface area (Å²) in [6.07, 6.45) is 1.58. The highest BCUT2D eigenvalue weighted by molar-refractivity contribution is 5.94. The van der Waals surface area contributed by atoms with Crippen LogP contribution in [0.2, 0.25) is 0 Å². The fourth-order valence-corrected chi connectivity index (χ4v) is 3.56. The lowest BCUT2D eigenvalue weighted by atomic mass is 10.0. The van der Waals surface area contributed by atoms with Gasteiger partial charge in [0.05, 0.1) is 13.1 Å². The van der Waals surface area contributed by atoms with Crippen molar-refractivity contribution in [3.8, 4) is 0 Å². The van der Waals surface area contributed by atoms with Crippen LogP contribution in [0.15, 0.2) is 48.5 Å². The van der Waals surface area contributed by atoms with Gasteiger partial charge in [0.25, 0.3) is 5.91 Å². The molecule has 1 aromatic heterocycles. The van der Waals surface area contributed by atoms with E-state index in [4.69, 9.17) is 0 Å². The molecule has 0 radical (unpaired) electrons. The molecule has 9 heteroatoms. The van der Waals surface area contributed by atoms with Crippen LogP contribution in [0.3, 0.4) is 0 Å². The van der Waals surface area contributed by atoms with Gasteiger partial charge in [0.1, 0.15) is 11.6 Å². The number of halogens is 2. The van der Waals surface area contributed by atoms with Gasteiger partial charge < -0.3 is 5.32 Å². The van der Waals surface area contributed by atoms with E-state index < -0.39 is 5.82 Å². The number of likely N-dealkylation sites (tertiary alicyclic amines) is 1. The summed E-state index contributed by atoms with van der Waals surface area (Å²) in [4.78, 5) is 14.5. The van der Waals surface area contributed by atoms with E-state index in [1.807, 2.05) is 0 Å². The normalized spacial score (nSPS) is 15.3. The van der Waals surface area contributed by atoms with E-state index in [0.29, 0.717) is 18.7 Å². The molecule has 1 saturated heterocycles. The van der Waals surface area contributed by atoms with Crippen molar-refractivity contribution in [3.05, 3.63) is 77.1 Å². The second-order valence-corrected chi connectivity index (χ2v) is 7.41. The summed E-state index contributed by atoms with van der Waals surface area (Å²) in [6.45, 7) is 2.65. The molecule has 2 heterocycles. The summed E-state index contributed by atoms with van der Waals surface area (Å²) < 4.78 is 28.1. The van der Waals surface area contributed by atoms with Crippen LogP contribution in [-0.2, 0) is 13.1 Å².